The predicted octanol–water partition coefficient (Wildman–Crippen LogP) is 2.53. The normalized spacial score (nSPS) is 10.7. The number of rotatable bonds is 7. The van der Waals surface area contributed by atoms with E-state index in [1.54, 1.807) is 12.1 Å². The van der Waals surface area contributed by atoms with E-state index in [2.05, 4.69) is 15.0 Å². The first-order chi connectivity index (χ1) is 13.0. The van der Waals surface area contributed by atoms with Crippen LogP contribution in [0.4, 0.5) is 11.8 Å². The molecular weight excluding hydrogens is 366 g/mol. The molecule has 0 unspecified atom stereocenters. The van der Waals surface area contributed by atoms with Crippen molar-refractivity contribution in [2.45, 2.75) is 26.4 Å². The Labute approximate surface area is 159 Å². The Bertz CT molecular complexity index is 956. The molecule has 2 aromatic heterocycles. The second kappa shape index (κ2) is 8.00. The van der Waals surface area contributed by atoms with Gasteiger partial charge in [0.25, 0.3) is 0 Å². The number of carboxylic acid groups (broad SMARTS) is 1. The first-order valence-electron chi connectivity index (χ1n) is 8.26. The van der Waals surface area contributed by atoms with E-state index in [-0.39, 0.29) is 24.8 Å². The van der Waals surface area contributed by atoms with Crippen LogP contribution >= 0.6 is 11.3 Å². The first kappa shape index (κ1) is 18.6. The molecule has 0 saturated carbocycles. The van der Waals surface area contributed by atoms with Gasteiger partial charge in [-0.3, -0.25) is 4.79 Å². The molecule has 0 radical (unpaired) electrons. The van der Waals surface area contributed by atoms with Crippen molar-refractivity contribution < 1.29 is 14.6 Å². The Kier molecular flexibility index (Phi) is 5.51. The molecule has 2 heterocycles. The molecule has 0 atom stereocenters. The molecule has 1 aromatic carbocycles. The molecule has 0 bridgehead atoms. The predicted molar refractivity (Wildman–Crippen MR) is 103 cm³/mol. The number of aliphatic carboxylic acids is 1. The highest BCUT2D eigenvalue weighted by Gasteiger charge is 2.13. The van der Waals surface area contributed by atoms with Gasteiger partial charge >= 0.3 is 5.97 Å². The van der Waals surface area contributed by atoms with Crippen LogP contribution in [0.3, 0.4) is 0 Å². The molecule has 0 spiro atoms. The minimum absolute atomic E-state index is 0.00207. The van der Waals surface area contributed by atoms with Crippen LogP contribution in [0.15, 0.2) is 29.6 Å². The van der Waals surface area contributed by atoms with Gasteiger partial charge in [0.1, 0.15) is 11.6 Å². The summed E-state index contributed by atoms with van der Waals surface area (Å²) in [6.07, 6.45) is 0.624. The maximum atomic E-state index is 10.8. The summed E-state index contributed by atoms with van der Waals surface area (Å²) >= 11 is 1.48. The van der Waals surface area contributed by atoms with Crippen molar-refractivity contribution in [3.05, 3.63) is 46.6 Å². The number of benzene rings is 1. The van der Waals surface area contributed by atoms with Gasteiger partial charge in [-0.25, -0.2) is 9.97 Å². The van der Waals surface area contributed by atoms with Crippen LogP contribution in [0.5, 0.6) is 5.75 Å². The molecule has 140 valence electrons. The van der Waals surface area contributed by atoms with E-state index in [9.17, 15) is 4.79 Å². The first-order valence-corrected chi connectivity index (χ1v) is 9.14. The summed E-state index contributed by atoms with van der Waals surface area (Å²) in [5, 5.41) is 11.6. The van der Waals surface area contributed by atoms with Gasteiger partial charge in [-0.15, -0.1) is 11.3 Å². The molecule has 0 fully saturated rings. The number of anilines is 2. The van der Waals surface area contributed by atoms with Gasteiger partial charge in [0.05, 0.1) is 17.8 Å². The molecule has 0 aliphatic rings. The van der Waals surface area contributed by atoms with Crippen molar-refractivity contribution in [3.8, 4) is 16.3 Å². The number of carbonyl (C=O) groups is 1. The number of carboxylic acids is 1. The zero-order chi connectivity index (χ0) is 19.4. The van der Waals surface area contributed by atoms with Gasteiger partial charge in [-0.2, -0.15) is 4.98 Å². The lowest BCUT2D eigenvalue weighted by Gasteiger charge is -2.11. The van der Waals surface area contributed by atoms with Crippen LogP contribution in [-0.2, 0) is 24.2 Å². The molecule has 5 N–H and O–H groups in total. The summed E-state index contributed by atoms with van der Waals surface area (Å²) in [5.41, 5.74) is 14.6. The van der Waals surface area contributed by atoms with Crippen LogP contribution in [0.25, 0.3) is 10.6 Å². The number of ether oxygens (including phenoxy) is 1. The van der Waals surface area contributed by atoms with E-state index < -0.39 is 5.97 Å². The number of hydrogen-bond acceptors (Lipinski definition) is 8. The largest absolute Gasteiger partial charge is 0.481 e. The van der Waals surface area contributed by atoms with Crippen LogP contribution in [-0.4, -0.2) is 26.0 Å². The quantitative estimate of drug-likeness (QED) is 0.564. The Morgan fingerprint density at radius 1 is 1.19 bits per heavy atom. The van der Waals surface area contributed by atoms with Crippen molar-refractivity contribution in [2.24, 2.45) is 0 Å². The van der Waals surface area contributed by atoms with Gasteiger partial charge in [-0.1, -0.05) is 31.2 Å². The number of thiazole rings is 1. The topological polar surface area (TPSA) is 137 Å². The summed E-state index contributed by atoms with van der Waals surface area (Å²) in [6.45, 7) is 2.17. The fraction of sp³-hybridized carbons (Fsp3) is 0.222. The molecule has 3 rings (SSSR count). The summed E-state index contributed by atoms with van der Waals surface area (Å²) < 4.78 is 5.79. The summed E-state index contributed by atoms with van der Waals surface area (Å²) in [4.78, 5) is 23.4. The second-order valence-corrected chi connectivity index (χ2v) is 6.65. The molecule has 0 amide bonds. The molecule has 27 heavy (non-hydrogen) atoms. The third-order valence-electron chi connectivity index (χ3n) is 3.79. The lowest BCUT2D eigenvalue weighted by Crippen LogP contribution is -2.08. The second-order valence-electron chi connectivity index (χ2n) is 5.80. The molecule has 0 aliphatic carbocycles. The number of nitrogens with two attached hydrogens (primary N) is 2. The summed E-state index contributed by atoms with van der Waals surface area (Å²) in [5.74, 6) is -0.0871. The molecule has 8 nitrogen and oxygen atoms in total. The van der Waals surface area contributed by atoms with Crippen molar-refractivity contribution in [1.29, 1.82) is 0 Å². The van der Waals surface area contributed by atoms with Crippen molar-refractivity contribution in [2.75, 3.05) is 11.5 Å². The fourth-order valence-corrected chi connectivity index (χ4v) is 3.34. The van der Waals surface area contributed by atoms with Crippen LogP contribution in [0.1, 0.15) is 23.9 Å². The maximum Gasteiger partial charge on any atom is 0.307 e. The standard InChI is InChI=1S/C18H19N5O3S/c1-2-13-15(16(19)23-18(20)22-13)26-8-12-9-27-17(21-12)11-5-3-10(4-6-11)7-14(24)25/h3-6,9H,2,7-8H2,1H3,(H,24,25)(H4,19,20,22,23). The Hall–Kier alpha value is -3.20. The third-order valence-corrected chi connectivity index (χ3v) is 4.73. The smallest absolute Gasteiger partial charge is 0.307 e. The number of nitrogens with zero attached hydrogens (tertiary/aromatic N) is 3. The zero-order valence-electron chi connectivity index (χ0n) is 14.7. The molecular formula is C18H19N5O3S. The number of hydrogen-bond donors (Lipinski definition) is 3. The Balaban J connectivity index is 1.71. The van der Waals surface area contributed by atoms with Gasteiger partial charge in [0.15, 0.2) is 11.6 Å². The van der Waals surface area contributed by atoms with Gasteiger partial charge < -0.3 is 21.3 Å². The zero-order valence-corrected chi connectivity index (χ0v) is 15.5. The third kappa shape index (κ3) is 4.50. The van der Waals surface area contributed by atoms with Crippen LogP contribution < -0.4 is 16.2 Å². The molecule has 9 heteroatoms. The average molecular weight is 385 g/mol. The molecule has 3 aromatic rings. The van der Waals surface area contributed by atoms with E-state index in [0.717, 1.165) is 21.8 Å². The monoisotopic (exact) mass is 385 g/mol. The van der Waals surface area contributed by atoms with Crippen LogP contribution in [0.2, 0.25) is 0 Å². The average Bonchev–Trinajstić information content (AvgIpc) is 3.09. The summed E-state index contributed by atoms with van der Waals surface area (Å²) in [6, 6.07) is 7.31. The highest BCUT2D eigenvalue weighted by molar-refractivity contribution is 7.13. The number of nitrogen functional groups attached to an aromatic ring is 2. The Morgan fingerprint density at radius 2 is 1.93 bits per heavy atom. The van der Waals surface area contributed by atoms with Gasteiger partial charge in [0, 0.05) is 10.9 Å². The van der Waals surface area contributed by atoms with Crippen LogP contribution in [0, 0.1) is 0 Å². The van der Waals surface area contributed by atoms with E-state index in [4.69, 9.17) is 21.3 Å². The van der Waals surface area contributed by atoms with E-state index in [1.807, 2.05) is 24.4 Å². The number of aryl methyl sites for hydroxylation is 1. The van der Waals surface area contributed by atoms with E-state index in [0.29, 0.717) is 17.9 Å². The number of aromatic nitrogens is 3. The van der Waals surface area contributed by atoms with Crippen molar-refractivity contribution in [1.82, 2.24) is 15.0 Å². The van der Waals surface area contributed by atoms with E-state index >= 15 is 0 Å². The maximum absolute atomic E-state index is 10.8. The van der Waals surface area contributed by atoms with E-state index in [1.165, 1.54) is 11.3 Å². The SMILES string of the molecule is CCc1nc(N)nc(N)c1OCc1csc(-c2ccc(CC(=O)O)cc2)n1. The highest BCUT2D eigenvalue weighted by atomic mass is 32.1. The minimum Gasteiger partial charge on any atom is -0.481 e. The van der Waals surface area contributed by atoms with Gasteiger partial charge in [0.2, 0.25) is 5.95 Å². The highest BCUT2D eigenvalue weighted by Crippen LogP contribution is 2.28. The lowest BCUT2D eigenvalue weighted by atomic mass is 10.1. The van der Waals surface area contributed by atoms with Crippen molar-refractivity contribution in [3.63, 3.8) is 0 Å². The molecule has 0 aliphatic heterocycles. The summed E-state index contributed by atoms with van der Waals surface area (Å²) in [7, 11) is 0. The van der Waals surface area contributed by atoms with Gasteiger partial charge in [-0.05, 0) is 12.0 Å². The Morgan fingerprint density at radius 3 is 2.59 bits per heavy atom. The fourth-order valence-electron chi connectivity index (χ4n) is 2.52. The molecule has 0 saturated heterocycles. The van der Waals surface area contributed by atoms with Crippen molar-refractivity contribution >= 4 is 29.1 Å². The lowest BCUT2D eigenvalue weighted by molar-refractivity contribution is -0.136. The minimum atomic E-state index is -0.853.